The van der Waals surface area contributed by atoms with Gasteiger partial charge in [0.2, 0.25) is 0 Å². The first-order valence-electron chi connectivity index (χ1n) is 4.43. The molecule has 4 heteroatoms. The van der Waals surface area contributed by atoms with Crippen molar-refractivity contribution in [3.63, 3.8) is 0 Å². The number of nitrogens with zero attached hydrogens (tertiary/aromatic N) is 1. The fourth-order valence-corrected chi connectivity index (χ4v) is 1.59. The van der Waals surface area contributed by atoms with Crippen LogP contribution in [0.2, 0.25) is 0 Å². The van der Waals surface area contributed by atoms with Gasteiger partial charge in [-0.15, -0.1) is 11.8 Å². The van der Waals surface area contributed by atoms with Crippen LogP contribution in [-0.2, 0) is 12.3 Å². The van der Waals surface area contributed by atoms with Crippen LogP contribution in [0, 0.1) is 6.92 Å². The normalized spacial score (nSPS) is 13.5. The minimum Gasteiger partial charge on any atom is -0.464 e. The Morgan fingerprint density at radius 3 is 2.71 bits per heavy atom. The monoisotopic (exact) mass is 214 g/mol. The Kier molecular flexibility index (Phi) is 4.51. The molecule has 1 N–H and O–H groups in total. The second kappa shape index (κ2) is 5.44. The maximum atomic E-state index is 8.97. The van der Waals surface area contributed by atoms with Crippen LogP contribution in [0.3, 0.4) is 0 Å². The summed E-state index contributed by atoms with van der Waals surface area (Å²) in [4.78, 5) is 2.05. The van der Waals surface area contributed by atoms with Crippen molar-refractivity contribution in [2.75, 3.05) is 14.1 Å². The van der Waals surface area contributed by atoms with Crippen molar-refractivity contribution < 1.29 is 9.52 Å². The maximum Gasteiger partial charge on any atom is 0.118 e. The molecule has 1 rings (SSSR count). The lowest BCUT2D eigenvalue weighted by molar-refractivity contribution is 0.307. The molecule has 1 atom stereocenters. The first-order valence-corrected chi connectivity index (χ1v) is 5.48. The predicted molar refractivity (Wildman–Crippen MR) is 58.8 cm³/mol. The number of hydrogen-bond acceptors (Lipinski definition) is 4. The molecule has 0 aromatic carbocycles. The van der Waals surface area contributed by atoms with Gasteiger partial charge >= 0.3 is 0 Å². The van der Waals surface area contributed by atoms with Crippen molar-refractivity contribution in [1.82, 2.24) is 4.90 Å². The summed E-state index contributed by atoms with van der Waals surface area (Å²) in [5, 5.41) is 8.97. The van der Waals surface area contributed by atoms with Crippen molar-refractivity contribution in [3.8, 4) is 0 Å². The highest BCUT2D eigenvalue weighted by molar-refractivity contribution is 7.99. The van der Waals surface area contributed by atoms with Crippen LogP contribution in [-0.4, -0.2) is 29.5 Å². The van der Waals surface area contributed by atoms with E-state index in [1.807, 2.05) is 31.1 Å². The molecule has 1 heterocycles. The minimum atomic E-state index is -0.586. The molecule has 1 unspecified atom stereocenters. The van der Waals surface area contributed by atoms with E-state index in [0.29, 0.717) is 5.75 Å². The van der Waals surface area contributed by atoms with Crippen LogP contribution in [0.15, 0.2) is 16.5 Å². The second-order valence-electron chi connectivity index (χ2n) is 3.37. The Bertz CT molecular complexity index is 271. The Labute approximate surface area is 89.1 Å². The molecular weight excluding hydrogens is 198 g/mol. The van der Waals surface area contributed by atoms with Gasteiger partial charge < -0.3 is 14.4 Å². The molecular formula is C10H16NO2S. The van der Waals surface area contributed by atoms with Gasteiger partial charge in [0.1, 0.15) is 11.5 Å². The van der Waals surface area contributed by atoms with Crippen molar-refractivity contribution >= 4 is 11.8 Å². The van der Waals surface area contributed by atoms with E-state index in [-0.39, 0.29) is 0 Å². The molecule has 79 valence electrons. The molecule has 1 aromatic heterocycles. The van der Waals surface area contributed by atoms with Gasteiger partial charge in [0.15, 0.2) is 0 Å². The molecule has 0 aliphatic rings. The Morgan fingerprint density at radius 2 is 2.14 bits per heavy atom. The highest BCUT2D eigenvalue weighted by atomic mass is 32.2. The zero-order valence-corrected chi connectivity index (χ0v) is 9.38. The van der Waals surface area contributed by atoms with Gasteiger partial charge in [0.25, 0.3) is 0 Å². The standard InChI is InChI=1S/C10H16NO2S/c1-8(12)14-7-10-5-4-9(13-10)6-11(2)3/h4-5,8,12H,1,6-7H2,2-3H3. The smallest absolute Gasteiger partial charge is 0.118 e. The van der Waals surface area contributed by atoms with E-state index in [1.54, 1.807) is 0 Å². The van der Waals surface area contributed by atoms with Gasteiger partial charge in [-0.25, -0.2) is 0 Å². The zero-order chi connectivity index (χ0) is 10.6. The molecule has 14 heavy (non-hydrogen) atoms. The van der Waals surface area contributed by atoms with Gasteiger partial charge in [-0.1, -0.05) is 0 Å². The summed E-state index contributed by atoms with van der Waals surface area (Å²) in [5.74, 6) is 2.50. The lowest BCUT2D eigenvalue weighted by atomic mass is 10.4. The van der Waals surface area contributed by atoms with E-state index >= 15 is 0 Å². The highest BCUT2D eigenvalue weighted by Gasteiger charge is 2.04. The molecule has 0 spiro atoms. The van der Waals surface area contributed by atoms with E-state index in [9.17, 15) is 0 Å². The predicted octanol–water partition coefficient (Wildman–Crippen LogP) is 1.73. The number of aliphatic hydroxyl groups excluding tert-OH is 1. The van der Waals surface area contributed by atoms with Crippen LogP contribution >= 0.6 is 11.8 Å². The first-order chi connectivity index (χ1) is 6.58. The largest absolute Gasteiger partial charge is 0.464 e. The molecule has 3 nitrogen and oxygen atoms in total. The molecule has 0 fully saturated rings. The quantitative estimate of drug-likeness (QED) is 0.757. The molecule has 0 saturated carbocycles. The number of thioether (sulfide) groups is 1. The van der Waals surface area contributed by atoms with Crippen LogP contribution in [0.5, 0.6) is 0 Å². The summed E-state index contributed by atoms with van der Waals surface area (Å²) >= 11 is 1.35. The first kappa shape index (κ1) is 11.6. The summed E-state index contributed by atoms with van der Waals surface area (Å²) in [6.45, 7) is 4.28. The molecule has 0 amide bonds. The summed E-state index contributed by atoms with van der Waals surface area (Å²) in [5.41, 5.74) is -0.586. The third-order valence-corrected chi connectivity index (χ3v) is 2.44. The van der Waals surface area contributed by atoms with E-state index in [0.717, 1.165) is 18.1 Å². The third-order valence-electron chi connectivity index (χ3n) is 1.61. The zero-order valence-electron chi connectivity index (χ0n) is 8.56. The molecule has 1 aromatic rings. The second-order valence-corrected chi connectivity index (χ2v) is 4.54. The molecule has 0 saturated heterocycles. The SMILES string of the molecule is [CH2]C(O)SCc1ccc(CN(C)C)o1. The van der Waals surface area contributed by atoms with Gasteiger partial charge in [-0.05, 0) is 33.2 Å². The summed E-state index contributed by atoms with van der Waals surface area (Å²) in [7, 11) is 3.99. The van der Waals surface area contributed by atoms with Crippen molar-refractivity contribution in [2.45, 2.75) is 17.7 Å². The van der Waals surface area contributed by atoms with Gasteiger partial charge in [-0.3, -0.25) is 0 Å². The summed E-state index contributed by atoms with van der Waals surface area (Å²) in [6.07, 6.45) is 0. The van der Waals surface area contributed by atoms with E-state index in [1.165, 1.54) is 11.8 Å². The average molecular weight is 214 g/mol. The number of rotatable bonds is 5. The van der Waals surface area contributed by atoms with E-state index < -0.39 is 5.44 Å². The lowest BCUT2D eigenvalue weighted by Crippen LogP contribution is -2.09. The fourth-order valence-electron chi connectivity index (χ4n) is 1.07. The van der Waals surface area contributed by atoms with Crippen molar-refractivity contribution in [3.05, 3.63) is 30.6 Å². The maximum absolute atomic E-state index is 8.97. The van der Waals surface area contributed by atoms with Gasteiger partial charge in [0, 0.05) is 0 Å². The van der Waals surface area contributed by atoms with E-state index in [4.69, 9.17) is 9.52 Å². The van der Waals surface area contributed by atoms with Gasteiger partial charge in [-0.2, -0.15) is 0 Å². The van der Waals surface area contributed by atoms with Crippen molar-refractivity contribution in [1.29, 1.82) is 0 Å². The van der Waals surface area contributed by atoms with Crippen molar-refractivity contribution in [2.24, 2.45) is 0 Å². The third kappa shape index (κ3) is 4.17. The number of hydrogen-bond donors (Lipinski definition) is 1. The summed E-state index contributed by atoms with van der Waals surface area (Å²) in [6, 6.07) is 3.90. The van der Waals surface area contributed by atoms with Crippen LogP contribution in [0.4, 0.5) is 0 Å². The molecule has 0 bridgehead atoms. The lowest BCUT2D eigenvalue weighted by Gasteiger charge is -2.06. The van der Waals surface area contributed by atoms with Crippen LogP contribution < -0.4 is 0 Å². The van der Waals surface area contributed by atoms with Crippen LogP contribution in [0.25, 0.3) is 0 Å². The van der Waals surface area contributed by atoms with Gasteiger partial charge in [0.05, 0.1) is 17.7 Å². The Morgan fingerprint density at radius 1 is 1.50 bits per heavy atom. The molecule has 0 aliphatic heterocycles. The molecule has 1 radical (unpaired) electrons. The summed E-state index contributed by atoms with van der Waals surface area (Å²) < 4.78 is 5.54. The minimum absolute atomic E-state index is 0.586. The topological polar surface area (TPSA) is 36.6 Å². The van der Waals surface area contributed by atoms with Crippen LogP contribution in [0.1, 0.15) is 11.5 Å². The fraction of sp³-hybridized carbons (Fsp3) is 0.500. The van der Waals surface area contributed by atoms with E-state index in [2.05, 4.69) is 6.92 Å². The Hall–Kier alpha value is -0.450. The average Bonchev–Trinajstić information content (AvgIpc) is 2.47. The highest BCUT2D eigenvalue weighted by Crippen LogP contribution is 2.18. The molecule has 0 aliphatic carbocycles. The number of furan rings is 1. The number of aliphatic hydroxyl groups is 1. The Balaban J connectivity index is 2.42.